The van der Waals surface area contributed by atoms with Crippen LogP contribution in [0.4, 0.5) is 17.1 Å². The molecule has 10 aromatic rings. The van der Waals surface area contributed by atoms with Crippen LogP contribution in [-0.4, -0.2) is 4.57 Å². The first-order valence-electron chi connectivity index (χ1n) is 22.1. The highest BCUT2D eigenvalue weighted by molar-refractivity contribution is 6.12. The summed E-state index contributed by atoms with van der Waals surface area (Å²) in [5.41, 5.74) is 19.4. The van der Waals surface area contributed by atoms with Gasteiger partial charge in [-0.25, -0.2) is 0 Å². The van der Waals surface area contributed by atoms with Gasteiger partial charge >= 0.3 is 0 Å². The van der Waals surface area contributed by atoms with E-state index >= 15 is 0 Å². The fourth-order valence-electron chi connectivity index (χ4n) is 10.5. The molecule has 12 rings (SSSR count). The molecule has 1 atom stereocenters. The smallest absolute Gasteiger partial charge is 0.0677 e. The maximum absolute atomic E-state index is 2.54. The van der Waals surface area contributed by atoms with Gasteiger partial charge in [-0.3, -0.25) is 0 Å². The Kier molecular flexibility index (Phi) is 8.90. The van der Waals surface area contributed by atoms with Gasteiger partial charge in [0.05, 0.1) is 16.4 Å². The molecule has 0 saturated carbocycles. The van der Waals surface area contributed by atoms with E-state index in [0.717, 1.165) is 35.6 Å². The first-order valence-corrected chi connectivity index (χ1v) is 22.1. The van der Waals surface area contributed by atoms with Crippen molar-refractivity contribution in [2.45, 2.75) is 18.3 Å². The van der Waals surface area contributed by atoms with Gasteiger partial charge in [-0.1, -0.05) is 182 Å². The van der Waals surface area contributed by atoms with E-state index in [-0.39, 0.29) is 0 Å². The predicted molar refractivity (Wildman–Crippen MR) is 265 cm³/mol. The van der Waals surface area contributed by atoms with Crippen molar-refractivity contribution in [2.24, 2.45) is 0 Å². The number of fused-ring (bicyclic) bond motifs is 6. The van der Waals surface area contributed by atoms with Crippen LogP contribution in [0.1, 0.15) is 29.5 Å². The molecule has 2 aliphatic carbocycles. The van der Waals surface area contributed by atoms with Crippen LogP contribution in [0.5, 0.6) is 0 Å². The van der Waals surface area contributed by atoms with E-state index in [2.05, 4.69) is 252 Å². The molecule has 0 radical (unpaired) electrons. The van der Waals surface area contributed by atoms with E-state index in [4.69, 9.17) is 0 Å². The number of aromatic nitrogens is 1. The van der Waals surface area contributed by atoms with Crippen LogP contribution in [0.15, 0.2) is 248 Å². The number of nitrogens with zero attached hydrogens (tertiary/aromatic N) is 2. The van der Waals surface area contributed by atoms with E-state index < -0.39 is 5.41 Å². The van der Waals surface area contributed by atoms with Gasteiger partial charge in [0, 0.05) is 33.5 Å². The number of benzene rings is 9. The second-order valence-corrected chi connectivity index (χ2v) is 16.8. The lowest BCUT2D eigenvalue weighted by Crippen LogP contribution is -2.30. The van der Waals surface area contributed by atoms with E-state index in [1.54, 1.807) is 0 Å². The summed E-state index contributed by atoms with van der Waals surface area (Å²) in [6, 6.07) is 82.5. The van der Waals surface area contributed by atoms with Crippen molar-refractivity contribution in [3.63, 3.8) is 0 Å². The first-order chi connectivity index (χ1) is 31.3. The summed E-state index contributed by atoms with van der Waals surface area (Å²) in [6.45, 7) is 0. The van der Waals surface area contributed by atoms with Crippen LogP contribution in [0.25, 0.3) is 60.9 Å². The minimum absolute atomic E-state index is 0.446. The monoisotopic (exact) mass is 804 g/mol. The highest BCUT2D eigenvalue weighted by Gasteiger charge is 2.47. The number of anilines is 3. The Morgan fingerprint density at radius 2 is 1.02 bits per heavy atom. The summed E-state index contributed by atoms with van der Waals surface area (Å²) in [5.74, 6) is 0. The van der Waals surface area contributed by atoms with Crippen molar-refractivity contribution in [2.75, 3.05) is 4.90 Å². The number of rotatable bonds is 8. The Labute approximate surface area is 369 Å². The SMILES string of the molecule is C1=CCCC(C2(c3ccc(-c4ccccc4)cc3)c3ccccc3-c3cc4c5ccccc5n(-c5cccc(-c6ccc(N(c7ccccc7)c7ccccc7)cc6)c5)c4cc32)=C1. The zero-order valence-electron chi connectivity index (χ0n) is 34.9. The molecule has 0 aliphatic heterocycles. The Morgan fingerprint density at radius 1 is 0.413 bits per heavy atom. The van der Waals surface area contributed by atoms with Gasteiger partial charge in [-0.2, -0.15) is 0 Å². The van der Waals surface area contributed by atoms with Crippen molar-refractivity contribution >= 4 is 38.9 Å². The van der Waals surface area contributed by atoms with E-state index in [9.17, 15) is 0 Å². The highest BCUT2D eigenvalue weighted by atomic mass is 15.1. The van der Waals surface area contributed by atoms with Crippen molar-refractivity contribution in [1.29, 1.82) is 0 Å². The number of para-hydroxylation sites is 3. The minimum Gasteiger partial charge on any atom is -0.311 e. The summed E-state index contributed by atoms with van der Waals surface area (Å²) in [4.78, 5) is 2.31. The van der Waals surface area contributed by atoms with Crippen LogP contribution in [0.2, 0.25) is 0 Å². The standard InChI is InChI=1S/C61H44N2/c1-5-18-43(19-6-1)44-32-36-48(37-33-44)61(47-21-7-2-8-22-47)57-30-15-13-28-53(57)55-41-56-54-29-14-16-31-59(54)63(60(56)42-58(55)61)52-27-17-20-46(40-52)45-34-38-51(39-35-45)62(49-23-9-3-10-24-49)50-25-11-4-12-26-50/h1-7,9-21,23-42H,8,22H2. The third-order valence-corrected chi connectivity index (χ3v) is 13.3. The maximum atomic E-state index is 2.54. The topological polar surface area (TPSA) is 8.17 Å². The fraction of sp³-hybridized carbons (Fsp3) is 0.0492. The van der Waals surface area contributed by atoms with Crippen LogP contribution in [0, 0.1) is 0 Å². The van der Waals surface area contributed by atoms with Crippen LogP contribution in [0.3, 0.4) is 0 Å². The number of hydrogen-bond acceptors (Lipinski definition) is 1. The van der Waals surface area contributed by atoms with Gasteiger partial charge in [0.25, 0.3) is 0 Å². The highest BCUT2D eigenvalue weighted by Crippen LogP contribution is 2.59. The van der Waals surface area contributed by atoms with Gasteiger partial charge in [-0.05, 0) is 130 Å². The van der Waals surface area contributed by atoms with Gasteiger partial charge < -0.3 is 9.47 Å². The lowest BCUT2D eigenvalue weighted by atomic mass is 9.65. The minimum atomic E-state index is -0.446. The molecule has 1 unspecified atom stereocenters. The summed E-state index contributed by atoms with van der Waals surface area (Å²) < 4.78 is 2.50. The third kappa shape index (κ3) is 6.02. The Hall–Kier alpha value is -7.94. The Balaban J connectivity index is 1.03. The molecule has 9 aromatic carbocycles. The van der Waals surface area contributed by atoms with Crippen LogP contribution < -0.4 is 4.90 Å². The lowest BCUT2D eigenvalue weighted by Gasteiger charge is -2.37. The summed E-state index contributed by atoms with van der Waals surface area (Å²) >= 11 is 0. The maximum Gasteiger partial charge on any atom is 0.0677 e. The molecule has 2 nitrogen and oxygen atoms in total. The molecule has 0 amide bonds. The number of hydrogen-bond donors (Lipinski definition) is 0. The zero-order valence-corrected chi connectivity index (χ0v) is 34.9. The molecule has 0 N–H and O–H groups in total. The van der Waals surface area contributed by atoms with Crippen LogP contribution in [-0.2, 0) is 5.41 Å². The summed E-state index contributed by atoms with van der Waals surface area (Å²) in [5, 5.41) is 2.53. The third-order valence-electron chi connectivity index (χ3n) is 13.3. The van der Waals surface area contributed by atoms with E-state index in [1.165, 1.54) is 77.5 Å². The van der Waals surface area contributed by atoms with Crippen LogP contribution >= 0.6 is 0 Å². The Bertz CT molecular complexity index is 3320. The summed E-state index contributed by atoms with van der Waals surface area (Å²) in [6.07, 6.45) is 9.00. The molecule has 2 aliphatic rings. The van der Waals surface area contributed by atoms with Crippen molar-refractivity contribution in [3.8, 4) is 39.1 Å². The lowest BCUT2D eigenvalue weighted by molar-refractivity contribution is 0.693. The molecule has 2 heteroatoms. The largest absolute Gasteiger partial charge is 0.311 e. The zero-order chi connectivity index (χ0) is 41.7. The average molecular weight is 805 g/mol. The summed E-state index contributed by atoms with van der Waals surface area (Å²) in [7, 11) is 0. The van der Waals surface area contributed by atoms with Gasteiger partial charge in [-0.15, -0.1) is 0 Å². The van der Waals surface area contributed by atoms with Gasteiger partial charge in [0.1, 0.15) is 0 Å². The van der Waals surface area contributed by atoms with Gasteiger partial charge in [0.2, 0.25) is 0 Å². The molecule has 0 spiro atoms. The second-order valence-electron chi connectivity index (χ2n) is 16.8. The predicted octanol–water partition coefficient (Wildman–Crippen LogP) is 16.2. The molecule has 298 valence electrons. The second kappa shape index (κ2) is 15.2. The molecular formula is C61H44N2. The molecule has 1 heterocycles. The van der Waals surface area contributed by atoms with Crippen molar-refractivity contribution < 1.29 is 0 Å². The molecule has 0 bridgehead atoms. The molecule has 0 fully saturated rings. The van der Waals surface area contributed by atoms with Gasteiger partial charge in [0.15, 0.2) is 0 Å². The van der Waals surface area contributed by atoms with Crippen molar-refractivity contribution in [3.05, 3.63) is 265 Å². The molecule has 1 aromatic heterocycles. The molecular weight excluding hydrogens is 761 g/mol. The van der Waals surface area contributed by atoms with E-state index in [1.807, 2.05) is 0 Å². The Morgan fingerprint density at radius 3 is 1.75 bits per heavy atom. The molecule has 63 heavy (non-hydrogen) atoms. The first kappa shape index (κ1) is 36.9. The van der Waals surface area contributed by atoms with Crippen molar-refractivity contribution in [1.82, 2.24) is 4.57 Å². The number of allylic oxidation sites excluding steroid dienone is 4. The normalized spacial score (nSPS) is 15.3. The molecule has 0 saturated heterocycles. The average Bonchev–Trinajstić information content (AvgIpc) is 3.85. The van der Waals surface area contributed by atoms with E-state index in [0.29, 0.717) is 0 Å². The fourth-order valence-corrected chi connectivity index (χ4v) is 10.5. The quantitative estimate of drug-likeness (QED) is 0.149.